The van der Waals surface area contributed by atoms with Crippen LogP contribution in [0, 0.1) is 6.92 Å². The van der Waals surface area contributed by atoms with Gasteiger partial charge in [-0.3, -0.25) is 10.4 Å². The molecule has 4 N–H and O–H groups in total. The maximum Gasteiger partial charge on any atom is 0.242 e. The minimum atomic E-state index is -3.56. The predicted molar refractivity (Wildman–Crippen MR) is 111 cm³/mol. The number of pyridine rings is 1. The molecule has 2 rings (SSSR count). The number of thiocarbonyl (C=S) groups is 1. The van der Waals surface area contributed by atoms with E-state index in [1.807, 2.05) is 0 Å². The molecule has 11 heteroatoms. The van der Waals surface area contributed by atoms with Crippen LogP contribution in [0.15, 0.2) is 40.5 Å². The third kappa shape index (κ3) is 5.01. The summed E-state index contributed by atoms with van der Waals surface area (Å²) >= 11 is 5.14. The van der Waals surface area contributed by atoms with Gasteiger partial charge in [0.15, 0.2) is 5.11 Å². The van der Waals surface area contributed by atoms with Crippen molar-refractivity contribution in [3.63, 3.8) is 0 Å². The van der Waals surface area contributed by atoms with Gasteiger partial charge in [0.2, 0.25) is 10.0 Å². The number of hydrogen-bond acceptors (Lipinski definition) is 7. The van der Waals surface area contributed by atoms with E-state index in [1.54, 1.807) is 19.1 Å². The number of aryl methyl sites for hydroxylation is 1. The third-order valence-electron chi connectivity index (χ3n) is 3.76. The summed E-state index contributed by atoms with van der Waals surface area (Å²) in [6, 6.07) is 6.19. The van der Waals surface area contributed by atoms with E-state index in [0.717, 1.165) is 4.31 Å². The highest BCUT2D eigenvalue weighted by molar-refractivity contribution is 7.89. The SMILES string of the molecule is Cc1ncc(CO)c(/C=N/NC(=S)Nc2cccc(S(=O)(=O)N(C)C)c2)c1O. The number of aliphatic hydroxyl groups excluding tert-OH is 1. The fourth-order valence-electron chi connectivity index (χ4n) is 2.18. The summed E-state index contributed by atoms with van der Waals surface area (Å²) in [5, 5.41) is 26.3. The highest BCUT2D eigenvalue weighted by atomic mass is 32.2. The molecule has 9 nitrogen and oxygen atoms in total. The molecule has 0 unspecified atom stereocenters. The molecule has 150 valence electrons. The number of hydrogen-bond donors (Lipinski definition) is 4. The fourth-order valence-corrected chi connectivity index (χ4v) is 3.30. The summed E-state index contributed by atoms with van der Waals surface area (Å²) in [6.45, 7) is 1.32. The summed E-state index contributed by atoms with van der Waals surface area (Å²) in [7, 11) is -0.659. The normalized spacial score (nSPS) is 11.8. The molecule has 1 aromatic heterocycles. The van der Waals surface area contributed by atoms with Crippen molar-refractivity contribution in [2.75, 3.05) is 19.4 Å². The molecule has 1 heterocycles. The minimum absolute atomic E-state index is 0.0856. The molecule has 0 spiro atoms. The molecule has 0 aliphatic rings. The lowest BCUT2D eigenvalue weighted by Gasteiger charge is -2.13. The molecule has 2 aromatic rings. The van der Waals surface area contributed by atoms with Crippen molar-refractivity contribution < 1.29 is 18.6 Å². The fraction of sp³-hybridized carbons (Fsp3) is 0.235. The van der Waals surface area contributed by atoms with Gasteiger partial charge in [-0.15, -0.1) is 0 Å². The second-order valence-electron chi connectivity index (χ2n) is 5.93. The first-order valence-corrected chi connectivity index (χ1v) is 9.92. The first-order valence-electron chi connectivity index (χ1n) is 8.07. The topological polar surface area (TPSA) is 127 Å². The molecule has 0 fully saturated rings. The number of benzene rings is 1. The Balaban J connectivity index is 2.10. The summed E-state index contributed by atoms with van der Waals surface area (Å²) in [4.78, 5) is 4.09. The lowest BCUT2D eigenvalue weighted by molar-refractivity contribution is 0.280. The van der Waals surface area contributed by atoms with E-state index in [0.29, 0.717) is 22.5 Å². The standard InChI is InChI=1S/C17H21N5O4S2/c1-11-16(24)15(12(10-23)8-18-11)9-19-21-17(27)20-13-5-4-6-14(7-13)28(25,26)22(2)3/h4-9,23-24H,10H2,1-3H3,(H2,20,21,27)/b19-9+. The van der Waals surface area contributed by atoms with Crippen molar-refractivity contribution in [3.8, 4) is 5.75 Å². The van der Waals surface area contributed by atoms with Crippen molar-refractivity contribution in [3.05, 3.63) is 47.3 Å². The Morgan fingerprint density at radius 2 is 2.11 bits per heavy atom. The largest absolute Gasteiger partial charge is 0.505 e. The number of aromatic nitrogens is 1. The number of sulfonamides is 1. The lowest BCUT2D eigenvalue weighted by atomic mass is 10.1. The summed E-state index contributed by atoms with van der Waals surface area (Å²) in [5.74, 6) is -0.0856. The monoisotopic (exact) mass is 423 g/mol. The summed E-state index contributed by atoms with van der Waals surface area (Å²) < 4.78 is 25.5. The zero-order valence-electron chi connectivity index (χ0n) is 15.5. The van der Waals surface area contributed by atoms with Crippen LogP contribution >= 0.6 is 12.2 Å². The number of nitrogens with one attached hydrogen (secondary N) is 2. The average molecular weight is 424 g/mol. The van der Waals surface area contributed by atoms with Crippen molar-refractivity contribution in [1.82, 2.24) is 14.7 Å². The van der Waals surface area contributed by atoms with Crippen molar-refractivity contribution in [2.24, 2.45) is 5.10 Å². The highest BCUT2D eigenvalue weighted by Gasteiger charge is 2.17. The van der Waals surface area contributed by atoms with Gasteiger partial charge in [-0.2, -0.15) is 5.10 Å². The van der Waals surface area contributed by atoms with Crippen LogP contribution < -0.4 is 10.7 Å². The van der Waals surface area contributed by atoms with E-state index >= 15 is 0 Å². The molecule has 0 saturated heterocycles. The smallest absolute Gasteiger partial charge is 0.242 e. The number of nitrogens with zero attached hydrogens (tertiary/aromatic N) is 3. The molecule has 0 amide bonds. The first-order chi connectivity index (χ1) is 13.2. The minimum Gasteiger partial charge on any atom is -0.505 e. The molecule has 0 radical (unpaired) electrons. The Morgan fingerprint density at radius 3 is 2.75 bits per heavy atom. The van der Waals surface area contributed by atoms with Gasteiger partial charge >= 0.3 is 0 Å². The maximum atomic E-state index is 12.2. The van der Waals surface area contributed by atoms with E-state index in [-0.39, 0.29) is 22.4 Å². The number of anilines is 1. The van der Waals surface area contributed by atoms with Crippen LogP contribution in [0.3, 0.4) is 0 Å². The molecule has 0 aliphatic carbocycles. The zero-order chi connectivity index (χ0) is 20.9. The van der Waals surface area contributed by atoms with E-state index in [9.17, 15) is 18.6 Å². The lowest BCUT2D eigenvalue weighted by Crippen LogP contribution is -2.25. The van der Waals surface area contributed by atoms with Crippen LogP contribution in [0.25, 0.3) is 0 Å². The second kappa shape index (κ2) is 9.06. The zero-order valence-corrected chi connectivity index (χ0v) is 17.2. The van der Waals surface area contributed by atoms with Crippen LogP contribution in [-0.4, -0.2) is 53.3 Å². The van der Waals surface area contributed by atoms with Gasteiger partial charge in [-0.05, 0) is 37.3 Å². The van der Waals surface area contributed by atoms with E-state index in [1.165, 1.54) is 38.6 Å². The number of rotatable bonds is 6. The van der Waals surface area contributed by atoms with Crippen LogP contribution in [0.2, 0.25) is 0 Å². The Morgan fingerprint density at radius 1 is 1.39 bits per heavy atom. The number of aliphatic hydroxyl groups is 1. The predicted octanol–water partition coefficient (Wildman–Crippen LogP) is 1.16. The maximum absolute atomic E-state index is 12.2. The Labute approximate surface area is 168 Å². The van der Waals surface area contributed by atoms with Crippen LogP contribution in [-0.2, 0) is 16.6 Å². The Bertz CT molecular complexity index is 1010. The molecular formula is C17H21N5O4S2. The molecule has 28 heavy (non-hydrogen) atoms. The first kappa shape index (κ1) is 21.7. The highest BCUT2D eigenvalue weighted by Crippen LogP contribution is 2.22. The van der Waals surface area contributed by atoms with Gasteiger partial charge in [0.1, 0.15) is 5.75 Å². The Kier molecular flexibility index (Phi) is 7.02. The average Bonchev–Trinajstić information content (AvgIpc) is 2.65. The van der Waals surface area contributed by atoms with Crippen molar-refractivity contribution in [1.29, 1.82) is 0 Å². The van der Waals surface area contributed by atoms with Crippen molar-refractivity contribution in [2.45, 2.75) is 18.4 Å². The third-order valence-corrected chi connectivity index (χ3v) is 5.76. The van der Waals surface area contributed by atoms with Gasteiger partial charge in [0.05, 0.1) is 23.4 Å². The molecule has 0 atom stereocenters. The molecule has 0 bridgehead atoms. The van der Waals surface area contributed by atoms with Crippen molar-refractivity contribution >= 4 is 39.3 Å². The van der Waals surface area contributed by atoms with Crippen LogP contribution in [0.4, 0.5) is 5.69 Å². The molecule has 0 aliphatic heterocycles. The molecule has 0 saturated carbocycles. The van der Waals surface area contributed by atoms with Crippen LogP contribution in [0.1, 0.15) is 16.8 Å². The number of hydrazone groups is 1. The number of aromatic hydroxyl groups is 1. The second-order valence-corrected chi connectivity index (χ2v) is 8.49. The quantitative estimate of drug-likeness (QED) is 0.310. The van der Waals surface area contributed by atoms with Gasteiger partial charge in [-0.1, -0.05) is 6.07 Å². The summed E-state index contributed by atoms with van der Waals surface area (Å²) in [6.07, 6.45) is 2.76. The molecule has 1 aromatic carbocycles. The van der Waals surface area contributed by atoms with E-state index < -0.39 is 10.0 Å². The van der Waals surface area contributed by atoms with Gasteiger partial charge < -0.3 is 15.5 Å². The summed E-state index contributed by atoms with van der Waals surface area (Å²) in [5.41, 5.74) is 4.18. The van der Waals surface area contributed by atoms with E-state index in [4.69, 9.17) is 12.2 Å². The van der Waals surface area contributed by atoms with Gasteiger partial charge in [0, 0.05) is 37.1 Å². The van der Waals surface area contributed by atoms with E-state index in [2.05, 4.69) is 20.8 Å². The van der Waals surface area contributed by atoms with Gasteiger partial charge in [-0.25, -0.2) is 12.7 Å². The Hall–Kier alpha value is -2.60. The van der Waals surface area contributed by atoms with Gasteiger partial charge in [0.25, 0.3) is 0 Å². The molecular weight excluding hydrogens is 402 g/mol. The van der Waals surface area contributed by atoms with Crippen LogP contribution in [0.5, 0.6) is 5.75 Å².